The number of para-hydroxylation sites is 1. The molecule has 0 bridgehead atoms. The van der Waals surface area contributed by atoms with E-state index in [9.17, 15) is 4.79 Å². The minimum Gasteiger partial charge on any atom is -0.462 e. The number of benzene rings is 1. The maximum absolute atomic E-state index is 11.9. The Hall–Kier alpha value is -2.30. The average Bonchev–Trinajstić information content (AvgIpc) is 2.88. The van der Waals surface area contributed by atoms with Crippen LogP contribution in [-0.4, -0.2) is 22.1 Å². The van der Waals surface area contributed by atoms with Crippen molar-refractivity contribution in [3.8, 4) is 5.69 Å². The Balaban J connectivity index is 2.45. The van der Waals surface area contributed by atoms with Gasteiger partial charge in [0.15, 0.2) is 0 Å². The lowest BCUT2D eigenvalue weighted by Gasteiger charge is -2.13. The van der Waals surface area contributed by atoms with Crippen LogP contribution in [0, 0.1) is 0 Å². The summed E-state index contributed by atoms with van der Waals surface area (Å²) >= 11 is 0. The average molecular weight is 273 g/mol. The highest BCUT2D eigenvalue weighted by atomic mass is 16.5. The molecular formula is C15H19N3O2. The van der Waals surface area contributed by atoms with Gasteiger partial charge in [0.25, 0.3) is 0 Å². The molecular weight excluding hydrogens is 254 g/mol. The van der Waals surface area contributed by atoms with E-state index in [2.05, 4.69) is 11.9 Å². The molecule has 1 aromatic heterocycles. The zero-order valence-electron chi connectivity index (χ0n) is 11.8. The number of aryl methyl sites for hydroxylation is 1. The topological polar surface area (TPSA) is 70.1 Å². The third kappa shape index (κ3) is 2.66. The van der Waals surface area contributed by atoms with E-state index in [0.717, 1.165) is 24.4 Å². The van der Waals surface area contributed by atoms with Crippen LogP contribution in [0.2, 0.25) is 0 Å². The summed E-state index contributed by atoms with van der Waals surface area (Å²) in [7, 11) is 0. The first-order chi connectivity index (χ1) is 9.69. The summed E-state index contributed by atoms with van der Waals surface area (Å²) in [5.41, 5.74) is 7.69. The largest absolute Gasteiger partial charge is 0.462 e. The molecule has 1 aromatic carbocycles. The quantitative estimate of drug-likeness (QED) is 0.671. The lowest BCUT2D eigenvalue weighted by Crippen LogP contribution is -2.11. The second-order valence-electron chi connectivity index (χ2n) is 4.42. The molecule has 0 atom stereocenters. The number of nitrogens with two attached hydrogens (primary N) is 1. The van der Waals surface area contributed by atoms with Gasteiger partial charge in [-0.2, -0.15) is 0 Å². The van der Waals surface area contributed by atoms with E-state index in [1.54, 1.807) is 25.3 Å². The molecule has 0 aliphatic carbocycles. The lowest BCUT2D eigenvalue weighted by atomic mass is 10.1. The highest BCUT2D eigenvalue weighted by Gasteiger charge is 2.15. The summed E-state index contributed by atoms with van der Waals surface area (Å²) in [4.78, 5) is 16.2. The van der Waals surface area contributed by atoms with Crippen LogP contribution in [0.3, 0.4) is 0 Å². The highest BCUT2D eigenvalue weighted by molar-refractivity contribution is 5.97. The molecule has 0 radical (unpaired) electrons. The molecule has 2 rings (SSSR count). The number of imidazole rings is 1. The number of hydrogen-bond donors (Lipinski definition) is 1. The third-order valence-electron chi connectivity index (χ3n) is 3.03. The fraction of sp³-hybridized carbons (Fsp3) is 0.333. The van der Waals surface area contributed by atoms with E-state index < -0.39 is 5.97 Å². The summed E-state index contributed by atoms with van der Waals surface area (Å²) < 4.78 is 6.93. The molecule has 106 valence electrons. The SMILES string of the molecule is CCCc1nccn1-c1cccc(C(=O)OCC)c1N. The minimum absolute atomic E-state index is 0.328. The first-order valence-electron chi connectivity index (χ1n) is 6.77. The van der Waals surface area contributed by atoms with Crippen LogP contribution in [0.25, 0.3) is 5.69 Å². The molecule has 20 heavy (non-hydrogen) atoms. The molecule has 1 heterocycles. The predicted molar refractivity (Wildman–Crippen MR) is 77.9 cm³/mol. The van der Waals surface area contributed by atoms with Crippen LogP contribution in [-0.2, 0) is 11.2 Å². The second-order valence-corrected chi connectivity index (χ2v) is 4.42. The van der Waals surface area contributed by atoms with Gasteiger partial charge >= 0.3 is 5.97 Å². The number of rotatable bonds is 5. The number of nitrogen functional groups attached to an aromatic ring is 1. The van der Waals surface area contributed by atoms with Gasteiger partial charge in [-0.15, -0.1) is 0 Å². The fourth-order valence-corrected chi connectivity index (χ4v) is 2.11. The number of carbonyl (C=O) groups is 1. The zero-order valence-corrected chi connectivity index (χ0v) is 11.8. The van der Waals surface area contributed by atoms with E-state index in [4.69, 9.17) is 10.5 Å². The number of carbonyl (C=O) groups excluding carboxylic acids is 1. The van der Waals surface area contributed by atoms with Crippen LogP contribution in [0.5, 0.6) is 0 Å². The number of anilines is 1. The van der Waals surface area contributed by atoms with Crippen molar-refractivity contribution in [1.82, 2.24) is 9.55 Å². The maximum atomic E-state index is 11.9. The summed E-state index contributed by atoms with van der Waals surface area (Å²) in [5.74, 6) is 0.532. The standard InChI is InChI=1S/C15H19N3O2/c1-3-6-13-17-9-10-18(13)12-8-5-7-11(14(12)16)15(19)20-4-2/h5,7-10H,3-4,6,16H2,1-2H3. The molecule has 0 aliphatic heterocycles. The summed E-state index contributed by atoms with van der Waals surface area (Å²) in [5, 5.41) is 0. The first kappa shape index (κ1) is 14.1. The van der Waals surface area contributed by atoms with Crippen molar-refractivity contribution in [3.63, 3.8) is 0 Å². The first-order valence-corrected chi connectivity index (χ1v) is 6.77. The molecule has 2 N–H and O–H groups in total. The molecule has 0 saturated carbocycles. The molecule has 0 unspecified atom stereocenters. The molecule has 0 saturated heterocycles. The lowest BCUT2D eigenvalue weighted by molar-refractivity contribution is 0.0527. The molecule has 5 nitrogen and oxygen atoms in total. The Morgan fingerprint density at radius 2 is 2.20 bits per heavy atom. The molecule has 0 fully saturated rings. The van der Waals surface area contributed by atoms with Gasteiger partial charge < -0.3 is 15.0 Å². The van der Waals surface area contributed by atoms with Crippen molar-refractivity contribution in [3.05, 3.63) is 42.0 Å². The predicted octanol–water partition coefficient (Wildman–Crippen LogP) is 2.58. The maximum Gasteiger partial charge on any atom is 0.340 e. The Morgan fingerprint density at radius 1 is 1.40 bits per heavy atom. The van der Waals surface area contributed by atoms with Gasteiger partial charge in [0.2, 0.25) is 0 Å². The van der Waals surface area contributed by atoms with E-state index >= 15 is 0 Å². The smallest absolute Gasteiger partial charge is 0.340 e. The van der Waals surface area contributed by atoms with Crippen LogP contribution in [0.15, 0.2) is 30.6 Å². The van der Waals surface area contributed by atoms with Crippen molar-refractivity contribution >= 4 is 11.7 Å². The number of nitrogens with zero attached hydrogens (tertiary/aromatic N) is 2. The monoisotopic (exact) mass is 273 g/mol. The Bertz CT molecular complexity index is 605. The van der Waals surface area contributed by atoms with Gasteiger partial charge in [0.1, 0.15) is 5.82 Å². The molecule has 0 aliphatic rings. The van der Waals surface area contributed by atoms with Gasteiger partial charge in [-0.05, 0) is 25.5 Å². The van der Waals surface area contributed by atoms with Gasteiger partial charge in [-0.1, -0.05) is 13.0 Å². The number of ether oxygens (including phenoxy) is 1. The van der Waals surface area contributed by atoms with Crippen LogP contribution in [0.1, 0.15) is 36.5 Å². The normalized spacial score (nSPS) is 10.5. The van der Waals surface area contributed by atoms with Gasteiger partial charge in [0, 0.05) is 18.8 Å². The minimum atomic E-state index is -0.399. The van der Waals surface area contributed by atoms with E-state index in [-0.39, 0.29) is 0 Å². The van der Waals surface area contributed by atoms with Crippen molar-refractivity contribution in [1.29, 1.82) is 0 Å². The van der Waals surface area contributed by atoms with Gasteiger partial charge in [0.05, 0.1) is 23.5 Å². The van der Waals surface area contributed by atoms with Crippen molar-refractivity contribution < 1.29 is 9.53 Å². The number of esters is 1. The number of hydrogen-bond acceptors (Lipinski definition) is 4. The van der Waals surface area contributed by atoms with E-state index in [1.807, 2.05) is 16.8 Å². The highest BCUT2D eigenvalue weighted by Crippen LogP contribution is 2.24. The number of aromatic nitrogens is 2. The Morgan fingerprint density at radius 3 is 2.90 bits per heavy atom. The fourth-order valence-electron chi connectivity index (χ4n) is 2.11. The van der Waals surface area contributed by atoms with E-state index in [1.165, 1.54) is 0 Å². The summed E-state index contributed by atoms with van der Waals surface area (Å²) in [6.45, 7) is 4.19. The van der Waals surface area contributed by atoms with Crippen molar-refractivity contribution in [2.45, 2.75) is 26.7 Å². The van der Waals surface area contributed by atoms with Gasteiger partial charge in [-0.3, -0.25) is 0 Å². The molecule has 2 aromatic rings. The van der Waals surface area contributed by atoms with Crippen LogP contribution < -0.4 is 5.73 Å². The van der Waals surface area contributed by atoms with Gasteiger partial charge in [-0.25, -0.2) is 9.78 Å². The molecule has 0 amide bonds. The summed E-state index contributed by atoms with van der Waals surface area (Å²) in [6, 6.07) is 5.35. The van der Waals surface area contributed by atoms with Crippen molar-refractivity contribution in [2.24, 2.45) is 0 Å². The second kappa shape index (κ2) is 6.23. The van der Waals surface area contributed by atoms with Crippen molar-refractivity contribution in [2.75, 3.05) is 12.3 Å². The Kier molecular flexibility index (Phi) is 4.40. The summed E-state index contributed by atoms with van der Waals surface area (Å²) in [6.07, 6.45) is 5.44. The van der Waals surface area contributed by atoms with Crippen LogP contribution >= 0.6 is 0 Å². The van der Waals surface area contributed by atoms with E-state index in [0.29, 0.717) is 17.9 Å². The molecule has 5 heteroatoms. The zero-order chi connectivity index (χ0) is 14.5. The Labute approximate surface area is 118 Å². The van der Waals surface area contributed by atoms with Crippen LogP contribution in [0.4, 0.5) is 5.69 Å². The molecule has 0 spiro atoms. The third-order valence-corrected chi connectivity index (χ3v) is 3.03.